The SMILES string of the molecule is C[C@H](NCC1CN(C(=O)OC(C)(C)C)C1)c1cccc(-n2cccn2)c1. The third-order valence-electron chi connectivity index (χ3n) is 4.46. The first-order valence-electron chi connectivity index (χ1n) is 9.13. The summed E-state index contributed by atoms with van der Waals surface area (Å²) in [5.74, 6) is 0.472. The van der Waals surface area contributed by atoms with Gasteiger partial charge in [-0.3, -0.25) is 0 Å². The molecular formula is C20H28N4O2. The van der Waals surface area contributed by atoms with E-state index in [9.17, 15) is 4.79 Å². The molecule has 0 spiro atoms. The first kappa shape index (κ1) is 18.5. The second-order valence-corrected chi connectivity index (χ2v) is 7.93. The summed E-state index contributed by atoms with van der Waals surface area (Å²) in [6.07, 6.45) is 3.51. The summed E-state index contributed by atoms with van der Waals surface area (Å²) in [7, 11) is 0. The van der Waals surface area contributed by atoms with Crippen LogP contribution in [-0.4, -0.2) is 46.0 Å². The monoisotopic (exact) mass is 356 g/mol. The Hall–Kier alpha value is -2.34. The molecule has 6 nitrogen and oxygen atoms in total. The van der Waals surface area contributed by atoms with Crippen molar-refractivity contribution in [1.82, 2.24) is 20.0 Å². The Balaban J connectivity index is 1.46. The molecule has 1 aliphatic heterocycles. The Morgan fingerprint density at radius 2 is 2.12 bits per heavy atom. The van der Waals surface area contributed by atoms with E-state index in [2.05, 4.69) is 35.5 Å². The van der Waals surface area contributed by atoms with Gasteiger partial charge < -0.3 is 15.0 Å². The molecule has 1 saturated heterocycles. The van der Waals surface area contributed by atoms with Crippen LogP contribution in [0.2, 0.25) is 0 Å². The molecule has 1 aliphatic rings. The summed E-state index contributed by atoms with van der Waals surface area (Å²) in [5.41, 5.74) is 1.84. The van der Waals surface area contributed by atoms with Gasteiger partial charge in [0.15, 0.2) is 0 Å². The first-order chi connectivity index (χ1) is 12.3. The van der Waals surface area contributed by atoms with Crippen molar-refractivity contribution in [3.05, 3.63) is 48.3 Å². The van der Waals surface area contributed by atoms with Crippen LogP contribution in [0.25, 0.3) is 5.69 Å². The average molecular weight is 356 g/mol. The van der Waals surface area contributed by atoms with E-state index in [-0.39, 0.29) is 12.1 Å². The highest BCUT2D eigenvalue weighted by Gasteiger charge is 2.33. The molecule has 1 fully saturated rings. The third kappa shape index (κ3) is 4.64. The summed E-state index contributed by atoms with van der Waals surface area (Å²) in [6, 6.07) is 10.5. The van der Waals surface area contributed by atoms with E-state index < -0.39 is 5.60 Å². The van der Waals surface area contributed by atoms with Crippen LogP contribution in [0.1, 0.15) is 39.3 Å². The minimum atomic E-state index is -0.436. The maximum atomic E-state index is 12.0. The summed E-state index contributed by atoms with van der Waals surface area (Å²) < 4.78 is 7.25. The van der Waals surface area contributed by atoms with Crippen molar-refractivity contribution < 1.29 is 9.53 Å². The number of rotatable bonds is 5. The zero-order valence-corrected chi connectivity index (χ0v) is 16.0. The quantitative estimate of drug-likeness (QED) is 0.892. The largest absolute Gasteiger partial charge is 0.444 e. The molecule has 3 rings (SSSR count). The highest BCUT2D eigenvalue weighted by atomic mass is 16.6. The average Bonchev–Trinajstić information content (AvgIpc) is 3.06. The van der Waals surface area contributed by atoms with E-state index >= 15 is 0 Å². The van der Waals surface area contributed by atoms with E-state index in [0.29, 0.717) is 5.92 Å². The number of amides is 1. The summed E-state index contributed by atoms with van der Waals surface area (Å²) in [5, 5.41) is 7.85. The molecule has 140 valence electrons. The van der Waals surface area contributed by atoms with E-state index in [1.165, 1.54) is 5.56 Å². The number of carbonyl (C=O) groups is 1. The zero-order chi connectivity index (χ0) is 18.7. The van der Waals surface area contributed by atoms with Crippen molar-refractivity contribution in [2.45, 2.75) is 39.3 Å². The van der Waals surface area contributed by atoms with E-state index in [0.717, 1.165) is 25.3 Å². The van der Waals surface area contributed by atoms with Gasteiger partial charge in [-0.1, -0.05) is 12.1 Å². The number of hydrogen-bond acceptors (Lipinski definition) is 4. The lowest BCUT2D eigenvalue weighted by molar-refractivity contribution is -0.00102. The summed E-state index contributed by atoms with van der Waals surface area (Å²) in [4.78, 5) is 13.7. The molecule has 2 heterocycles. The van der Waals surface area contributed by atoms with Gasteiger partial charge >= 0.3 is 6.09 Å². The van der Waals surface area contributed by atoms with Gasteiger partial charge in [-0.15, -0.1) is 0 Å². The number of benzene rings is 1. The molecule has 1 atom stereocenters. The standard InChI is InChI=1S/C20H28N4O2/c1-15(17-7-5-8-18(11-17)24-10-6-9-22-24)21-12-16-13-23(14-16)19(25)26-20(2,3)4/h5-11,15-16,21H,12-14H2,1-4H3/t15-/m0/s1. The van der Waals surface area contributed by atoms with Crippen LogP contribution in [0.4, 0.5) is 4.79 Å². The van der Waals surface area contributed by atoms with Crippen LogP contribution in [0, 0.1) is 5.92 Å². The molecule has 26 heavy (non-hydrogen) atoms. The number of nitrogens with zero attached hydrogens (tertiary/aromatic N) is 3. The smallest absolute Gasteiger partial charge is 0.410 e. The van der Waals surface area contributed by atoms with Crippen LogP contribution in [0.15, 0.2) is 42.7 Å². The lowest BCUT2D eigenvalue weighted by Gasteiger charge is -2.40. The highest BCUT2D eigenvalue weighted by Crippen LogP contribution is 2.21. The fraction of sp³-hybridized carbons (Fsp3) is 0.500. The van der Waals surface area contributed by atoms with E-state index in [4.69, 9.17) is 4.74 Å². The van der Waals surface area contributed by atoms with Crippen LogP contribution < -0.4 is 5.32 Å². The van der Waals surface area contributed by atoms with Crippen molar-refractivity contribution in [2.75, 3.05) is 19.6 Å². The number of hydrogen-bond donors (Lipinski definition) is 1. The van der Waals surface area contributed by atoms with Crippen LogP contribution in [-0.2, 0) is 4.74 Å². The van der Waals surface area contributed by atoms with Crippen LogP contribution in [0.3, 0.4) is 0 Å². The number of aromatic nitrogens is 2. The summed E-state index contributed by atoms with van der Waals surface area (Å²) >= 11 is 0. The van der Waals surface area contributed by atoms with Gasteiger partial charge in [0.2, 0.25) is 0 Å². The fourth-order valence-corrected chi connectivity index (χ4v) is 2.99. The molecule has 6 heteroatoms. The second kappa shape index (κ2) is 7.50. The van der Waals surface area contributed by atoms with Gasteiger partial charge in [-0.05, 0) is 51.5 Å². The normalized spacial score (nSPS) is 16.2. The first-order valence-corrected chi connectivity index (χ1v) is 9.13. The Labute approximate surface area is 155 Å². The van der Waals surface area contributed by atoms with Crippen molar-refractivity contribution in [3.8, 4) is 5.69 Å². The molecule has 1 aromatic carbocycles. The number of carbonyl (C=O) groups excluding carboxylic acids is 1. The van der Waals surface area contributed by atoms with Gasteiger partial charge in [0, 0.05) is 44.0 Å². The van der Waals surface area contributed by atoms with Gasteiger partial charge in [-0.25, -0.2) is 9.48 Å². The molecular weight excluding hydrogens is 328 g/mol. The topological polar surface area (TPSA) is 59.4 Å². The lowest BCUT2D eigenvalue weighted by atomic mass is 9.99. The number of ether oxygens (including phenoxy) is 1. The fourth-order valence-electron chi connectivity index (χ4n) is 2.99. The van der Waals surface area contributed by atoms with E-state index in [1.54, 1.807) is 11.1 Å². The Kier molecular flexibility index (Phi) is 5.32. The molecule has 0 unspecified atom stereocenters. The Bertz CT molecular complexity index is 731. The number of likely N-dealkylation sites (tertiary alicyclic amines) is 1. The molecule has 0 radical (unpaired) electrons. The van der Waals surface area contributed by atoms with E-state index in [1.807, 2.05) is 43.8 Å². The summed E-state index contributed by atoms with van der Waals surface area (Å²) in [6.45, 7) is 10.2. The van der Waals surface area contributed by atoms with Crippen molar-refractivity contribution in [3.63, 3.8) is 0 Å². The highest BCUT2D eigenvalue weighted by molar-refractivity contribution is 5.69. The van der Waals surface area contributed by atoms with Crippen molar-refractivity contribution >= 4 is 6.09 Å². The Morgan fingerprint density at radius 3 is 2.77 bits per heavy atom. The molecule has 1 amide bonds. The molecule has 1 N–H and O–H groups in total. The predicted molar refractivity (Wildman–Crippen MR) is 101 cm³/mol. The molecule has 0 aliphatic carbocycles. The third-order valence-corrected chi connectivity index (χ3v) is 4.46. The van der Waals surface area contributed by atoms with Gasteiger partial charge in [0.25, 0.3) is 0 Å². The second-order valence-electron chi connectivity index (χ2n) is 7.93. The Morgan fingerprint density at radius 1 is 1.35 bits per heavy atom. The van der Waals surface area contributed by atoms with Gasteiger partial charge in [0.05, 0.1) is 5.69 Å². The molecule has 0 bridgehead atoms. The minimum absolute atomic E-state index is 0.214. The van der Waals surface area contributed by atoms with Crippen LogP contribution in [0.5, 0.6) is 0 Å². The lowest BCUT2D eigenvalue weighted by Crippen LogP contribution is -2.54. The van der Waals surface area contributed by atoms with Crippen LogP contribution >= 0.6 is 0 Å². The predicted octanol–water partition coefficient (Wildman–Crippen LogP) is 3.39. The molecule has 1 aromatic heterocycles. The van der Waals surface area contributed by atoms with Gasteiger partial charge in [-0.2, -0.15) is 5.10 Å². The maximum absolute atomic E-state index is 12.0. The zero-order valence-electron chi connectivity index (χ0n) is 16.0. The van der Waals surface area contributed by atoms with Crippen molar-refractivity contribution in [2.24, 2.45) is 5.92 Å². The van der Waals surface area contributed by atoms with Crippen molar-refractivity contribution in [1.29, 1.82) is 0 Å². The van der Waals surface area contributed by atoms with Gasteiger partial charge in [0.1, 0.15) is 5.60 Å². The molecule has 2 aromatic rings. The maximum Gasteiger partial charge on any atom is 0.410 e. The minimum Gasteiger partial charge on any atom is -0.444 e. The number of nitrogens with one attached hydrogen (secondary N) is 1. The molecule has 0 saturated carbocycles.